The van der Waals surface area contributed by atoms with Crippen LogP contribution in [-0.4, -0.2) is 20.6 Å². The van der Waals surface area contributed by atoms with Crippen molar-refractivity contribution in [3.63, 3.8) is 0 Å². The van der Waals surface area contributed by atoms with Crippen molar-refractivity contribution in [3.05, 3.63) is 100 Å². The van der Waals surface area contributed by atoms with Crippen LogP contribution < -0.4 is 9.62 Å². The first kappa shape index (κ1) is 24.5. The zero-order chi connectivity index (χ0) is 24.2. The van der Waals surface area contributed by atoms with E-state index in [0.717, 1.165) is 34.2 Å². The minimum atomic E-state index is -3.49. The Morgan fingerprint density at radius 1 is 0.879 bits per heavy atom. The van der Waals surface area contributed by atoms with Gasteiger partial charge in [-0.2, -0.15) is 0 Å². The quantitative estimate of drug-likeness (QED) is 0.481. The molecule has 3 aromatic carbocycles. The highest BCUT2D eigenvalue weighted by Gasteiger charge is 2.22. The molecule has 3 aromatic rings. The number of para-hydroxylation sites is 1. The Bertz CT molecular complexity index is 1210. The number of benzene rings is 3. The van der Waals surface area contributed by atoms with Gasteiger partial charge in [0.1, 0.15) is 0 Å². The Balaban J connectivity index is 1.80. The molecule has 0 aliphatic carbocycles. The summed E-state index contributed by atoms with van der Waals surface area (Å²) in [7, 11) is -3.49. The maximum absolute atomic E-state index is 12.9. The molecule has 0 saturated heterocycles. The van der Waals surface area contributed by atoms with Crippen LogP contribution in [0.25, 0.3) is 0 Å². The first-order valence-corrected chi connectivity index (χ1v) is 13.0. The number of carbonyl (C=O) groups is 1. The van der Waals surface area contributed by atoms with Crippen molar-refractivity contribution in [2.45, 2.75) is 46.7 Å². The van der Waals surface area contributed by atoms with Crippen LogP contribution in [0.4, 0.5) is 5.69 Å². The van der Waals surface area contributed by atoms with E-state index in [1.165, 1.54) is 10.6 Å². The Morgan fingerprint density at radius 2 is 1.45 bits per heavy atom. The molecule has 174 valence electrons. The van der Waals surface area contributed by atoms with E-state index in [-0.39, 0.29) is 18.5 Å². The lowest BCUT2D eigenvalue weighted by Gasteiger charge is -2.26. The van der Waals surface area contributed by atoms with Crippen molar-refractivity contribution in [1.29, 1.82) is 0 Å². The number of sulfonamides is 1. The van der Waals surface area contributed by atoms with Gasteiger partial charge in [-0.15, -0.1) is 0 Å². The number of hydrogen-bond donors (Lipinski definition) is 1. The third-order valence-corrected chi connectivity index (χ3v) is 7.02. The third-order valence-electron chi connectivity index (χ3n) is 5.91. The van der Waals surface area contributed by atoms with Gasteiger partial charge in [0.05, 0.1) is 24.5 Å². The summed E-state index contributed by atoms with van der Waals surface area (Å²) in [5, 5.41) is 3.12. The molecular weight excluding hydrogens is 432 g/mol. The lowest BCUT2D eigenvalue weighted by atomic mass is 9.99. The average molecular weight is 465 g/mol. The first-order chi connectivity index (χ1) is 15.6. The minimum Gasteiger partial charge on any atom is -0.345 e. The molecule has 0 aliphatic heterocycles. The Labute approximate surface area is 197 Å². The SMILES string of the molecule is CCC(NC(=O)c1ccc(CN(c2c(C)cccc2C)S(C)(=O)=O)cc1)c1ccccc1C. The topological polar surface area (TPSA) is 66.5 Å². The summed E-state index contributed by atoms with van der Waals surface area (Å²) in [6.07, 6.45) is 2.00. The number of hydrogen-bond acceptors (Lipinski definition) is 3. The molecule has 1 unspecified atom stereocenters. The molecule has 0 saturated carbocycles. The van der Waals surface area contributed by atoms with Crippen molar-refractivity contribution >= 4 is 21.6 Å². The van der Waals surface area contributed by atoms with E-state index in [1.807, 2.05) is 82.3 Å². The van der Waals surface area contributed by atoms with Crippen LogP contribution in [0, 0.1) is 20.8 Å². The van der Waals surface area contributed by atoms with E-state index in [1.54, 1.807) is 12.1 Å². The fraction of sp³-hybridized carbons (Fsp3) is 0.296. The Hall–Kier alpha value is -3.12. The van der Waals surface area contributed by atoms with Gasteiger partial charge in [-0.05, 0) is 67.1 Å². The molecule has 5 nitrogen and oxygen atoms in total. The molecule has 33 heavy (non-hydrogen) atoms. The smallest absolute Gasteiger partial charge is 0.251 e. The minimum absolute atomic E-state index is 0.0665. The van der Waals surface area contributed by atoms with Gasteiger partial charge in [0.15, 0.2) is 0 Å². The summed E-state index contributed by atoms with van der Waals surface area (Å²) in [5.41, 5.74) is 6.12. The molecule has 0 radical (unpaired) electrons. The summed E-state index contributed by atoms with van der Waals surface area (Å²) in [4.78, 5) is 12.9. The molecule has 1 amide bonds. The van der Waals surface area contributed by atoms with Crippen LogP contribution in [0.2, 0.25) is 0 Å². The monoisotopic (exact) mass is 464 g/mol. The van der Waals surface area contributed by atoms with Crippen LogP contribution in [0.15, 0.2) is 66.7 Å². The van der Waals surface area contributed by atoms with Gasteiger partial charge < -0.3 is 5.32 Å². The van der Waals surface area contributed by atoms with Gasteiger partial charge in [-0.3, -0.25) is 9.10 Å². The largest absolute Gasteiger partial charge is 0.345 e. The van der Waals surface area contributed by atoms with Crippen LogP contribution in [0.5, 0.6) is 0 Å². The lowest BCUT2D eigenvalue weighted by molar-refractivity contribution is 0.0935. The van der Waals surface area contributed by atoms with Crippen LogP contribution >= 0.6 is 0 Å². The highest BCUT2D eigenvalue weighted by molar-refractivity contribution is 7.92. The second-order valence-electron chi connectivity index (χ2n) is 8.50. The van der Waals surface area contributed by atoms with Gasteiger partial charge in [0.2, 0.25) is 10.0 Å². The number of rotatable bonds is 8. The first-order valence-electron chi connectivity index (χ1n) is 11.1. The van der Waals surface area contributed by atoms with Gasteiger partial charge >= 0.3 is 0 Å². The molecule has 0 aromatic heterocycles. The molecule has 0 aliphatic rings. The van der Waals surface area contributed by atoms with E-state index >= 15 is 0 Å². The van der Waals surface area contributed by atoms with Gasteiger partial charge in [0.25, 0.3) is 5.91 Å². The molecule has 6 heteroatoms. The van der Waals surface area contributed by atoms with Crippen molar-refractivity contribution in [1.82, 2.24) is 5.32 Å². The molecule has 3 rings (SSSR count). The standard InChI is InChI=1S/C27H32N2O3S/c1-6-25(24-13-8-7-10-19(24)2)28-27(30)23-16-14-22(15-17-23)18-29(33(5,31)32)26-20(3)11-9-12-21(26)4/h7-17,25H,6,18H2,1-5H3,(H,28,30). The van der Waals surface area contributed by atoms with Crippen molar-refractivity contribution in [2.24, 2.45) is 0 Å². The predicted octanol–water partition coefficient (Wildman–Crippen LogP) is 5.46. The Kier molecular flexibility index (Phi) is 7.59. The van der Waals surface area contributed by atoms with E-state index in [2.05, 4.69) is 5.32 Å². The Morgan fingerprint density at radius 3 is 2.00 bits per heavy atom. The number of aryl methyl sites for hydroxylation is 3. The van der Waals surface area contributed by atoms with Crippen LogP contribution in [-0.2, 0) is 16.6 Å². The molecule has 0 bridgehead atoms. The average Bonchev–Trinajstić information content (AvgIpc) is 2.77. The molecular formula is C27H32N2O3S. The van der Waals surface area contributed by atoms with Crippen molar-refractivity contribution < 1.29 is 13.2 Å². The maximum atomic E-state index is 12.9. The van der Waals surface area contributed by atoms with E-state index < -0.39 is 10.0 Å². The van der Waals surface area contributed by atoms with E-state index in [4.69, 9.17) is 0 Å². The molecule has 1 atom stereocenters. The number of nitrogens with one attached hydrogen (secondary N) is 1. The van der Waals surface area contributed by atoms with Gasteiger partial charge in [-0.1, -0.05) is 61.5 Å². The number of nitrogens with zero attached hydrogens (tertiary/aromatic N) is 1. The summed E-state index contributed by atoms with van der Waals surface area (Å²) in [6, 6.07) is 20.9. The van der Waals surface area contributed by atoms with E-state index in [9.17, 15) is 13.2 Å². The number of anilines is 1. The highest BCUT2D eigenvalue weighted by Crippen LogP contribution is 2.28. The zero-order valence-electron chi connectivity index (χ0n) is 19.9. The summed E-state index contributed by atoms with van der Waals surface area (Å²) >= 11 is 0. The van der Waals surface area contributed by atoms with Crippen molar-refractivity contribution in [2.75, 3.05) is 10.6 Å². The summed E-state index contributed by atoms with van der Waals surface area (Å²) in [5.74, 6) is -0.147. The molecule has 0 heterocycles. The van der Waals surface area contributed by atoms with E-state index in [0.29, 0.717) is 11.3 Å². The molecule has 0 fully saturated rings. The van der Waals surface area contributed by atoms with Crippen LogP contribution in [0.1, 0.15) is 57.6 Å². The lowest BCUT2D eigenvalue weighted by Crippen LogP contribution is -2.31. The van der Waals surface area contributed by atoms with Crippen LogP contribution in [0.3, 0.4) is 0 Å². The highest BCUT2D eigenvalue weighted by atomic mass is 32.2. The van der Waals surface area contributed by atoms with Gasteiger partial charge in [0, 0.05) is 5.56 Å². The summed E-state index contributed by atoms with van der Waals surface area (Å²) in [6.45, 7) is 8.11. The van der Waals surface area contributed by atoms with Crippen molar-refractivity contribution in [3.8, 4) is 0 Å². The number of amides is 1. The second-order valence-corrected chi connectivity index (χ2v) is 10.4. The third kappa shape index (κ3) is 5.82. The summed E-state index contributed by atoms with van der Waals surface area (Å²) < 4.78 is 26.6. The predicted molar refractivity (Wildman–Crippen MR) is 135 cm³/mol. The maximum Gasteiger partial charge on any atom is 0.251 e. The molecule has 0 spiro atoms. The fourth-order valence-corrected chi connectivity index (χ4v) is 5.11. The fourth-order valence-electron chi connectivity index (χ4n) is 4.11. The molecule has 1 N–H and O–H groups in total. The number of carbonyl (C=O) groups excluding carboxylic acids is 1. The zero-order valence-corrected chi connectivity index (χ0v) is 20.7. The second kappa shape index (κ2) is 10.2. The normalized spacial score (nSPS) is 12.3. The van der Waals surface area contributed by atoms with Gasteiger partial charge in [-0.25, -0.2) is 8.42 Å².